The summed E-state index contributed by atoms with van der Waals surface area (Å²) < 4.78 is 17.3. The first-order valence-corrected chi connectivity index (χ1v) is 6.39. The van der Waals surface area contributed by atoms with E-state index in [1.165, 1.54) is 0 Å². The normalized spacial score (nSPS) is 20.4. The van der Waals surface area contributed by atoms with Crippen LogP contribution in [-0.4, -0.2) is 37.5 Å². The largest absolute Gasteiger partial charge is 0.500 e. The molecule has 1 fully saturated rings. The van der Waals surface area contributed by atoms with Gasteiger partial charge >= 0.3 is 7.12 Å². The van der Waals surface area contributed by atoms with Crippen LogP contribution in [0.2, 0.25) is 0 Å². The van der Waals surface area contributed by atoms with Gasteiger partial charge in [0.25, 0.3) is 0 Å². The highest BCUT2D eigenvalue weighted by Crippen LogP contribution is 2.37. The van der Waals surface area contributed by atoms with E-state index in [-0.39, 0.29) is 11.2 Å². The third-order valence-electron chi connectivity index (χ3n) is 3.85. The van der Waals surface area contributed by atoms with E-state index in [1.54, 1.807) is 7.11 Å². The SMILES string of the molecule is CNc1ccc(B2OC(C)(C)C(C)(C)O2)c(OC)n1. The molecule has 0 saturated carbocycles. The maximum Gasteiger partial charge on any atom is 0.500 e. The number of aromatic nitrogens is 1. The van der Waals surface area contributed by atoms with Gasteiger partial charge in [0.2, 0.25) is 5.88 Å². The minimum atomic E-state index is -0.460. The predicted octanol–water partition coefficient (Wildman–Crippen LogP) is 1.43. The topological polar surface area (TPSA) is 52.6 Å². The van der Waals surface area contributed by atoms with Gasteiger partial charge in [0.15, 0.2) is 0 Å². The van der Waals surface area contributed by atoms with Crippen molar-refractivity contribution in [1.29, 1.82) is 0 Å². The molecule has 1 N–H and O–H groups in total. The minimum absolute atomic E-state index is 0.371. The summed E-state index contributed by atoms with van der Waals surface area (Å²) in [6.07, 6.45) is 0. The summed E-state index contributed by atoms with van der Waals surface area (Å²) in [7, 11) is 2.95. The second-order valence-electron chi connectivity index (χ2n) is 5.63. The van der Waals surface area contributed by atoms with Crippen LogP contribution in [-0.2, 0) is 9.31 Å². The van der Waals surface area contributed by atoms with E-state index < -0.39 is 7.12 Å². The summed E-state index contributed by atoms with van der Waals surface area (Å²) in [6.45, 7) is 8.09. The fourth-order valence-electron chi connectivity index (χ4n) is 1.90. The fraction of sp³-hybridized carbons (Fsp3) is 0.615. The Morgan fingerprint density at radius 3 is 2.21 bits per heavy atom. The first kappa shape index (κ1) is 14.2. The third kappa shape index (κ3) is 2.42. The van der Waals surface area contributed by atoms with Crippen LogP contribution < -0.4 is 15.5 Å². The summed E-state index contributed by atoms with van der Waals surface area (Å²) in [5, 5.41) is 2.98. The molecule has 0 aliphatic carbocycles. The van der Waals surface area contributed by atoms with E-state index in [9.17, 15) is 0 Å². The Morgan fingerprint density at radius 2 is 1.74 bits per heavy atom. The molecule has 0 radical (unpaired) electrons. The summed E-state index contributed by atoms with van der Waals surface area (Å²) in [5.41, 5.74) is 0.0643. The number of nitrogens with one attached hydrogen (secondary N) is 1. The van der Waals surface area contributed by atoms with Crippen molar-refractivity contribution in [1.82, 2.24) is 4.98 Å². The van der Waals surface area contributed by atoms with Crippen molar-refractivity contribution in [2.75, 3.05) is 19.5 Å². The molecule has 19 heavy (non-hydrogen) atoms. The van der Waals surface area contributed by atoms with Crippen molar-refractivity contribution in [2.24, 2.45) is 0 Å². The lowest BCUT2D eigenvalue weighted by Crippen LogP contribution is -2.41. The van der Waals surface area contributed by atoms with E-state index in [1.807, 2.05) is 46.9 Å². The number of hydrogen-bond acceptors (Lipinski definition) is 5. The molecule has 2 heterocycles. The molecule has 0 unspecified atom stereocenters. The number of anilines is 1. The van der Waals surface area contributed by atoms with Crippen molar-refractivity contribution < 1.29 is 14.0 Å². The quantitative estimate of drug-likeness (QED) is 0.837. The second kappa shape index (κ2) is 4.69. The highest BCUT2D eigenvalue weighted by Gasteiger charge is 2.52. The summed E-state index contributed by atoms with van der Waals surface area (Å²) in [4.78, 5) is 4.36. The first-order valence-electron chi connectivity index (χ1n) is 6.39. The zero-order chi connectivity index (χ0) is 14.3. The van der Waals surface area contributed by atoms with Gasteiger partial charge in [0.1, 0.15) is 5.82 Å². The third-order valence-corrected chi connectivity index (χ3v) is 3.85. The summed E-state index contributed by atoms with van der Waals surface area (Å²) >= 11 is 0. The Hall–Kier alpha value is -1.27. The lowest BCUT2D eigenvalue weighted by Gasteiger charge is -2.32. The van der Waals surface area contributed by atoms with Crippen LogP contribution in [0, 0.1) is 0 Å². The molecular weight excluding hydrogens is 243 g/mol. The number of hydrogen-bond donors (Lipinski definition) is 1. The number of methoxy groups -OCH3 is 1. The van der Waals surface area contributed by atoms with Crippen molar-refractivity contribution >= 4 is 18.4 Å². The average Bonchev–Trinajstić information content (AvgIpc) is 2.57. The van der Waals surface area contributed by atoms with Gasteiger partial charge in [-0.15, -0.1) is 0 Å². The second-order valence-corrected chi connectivity index (χ2v) is 5.63. The van der Waals surface area contributed by atoms with Gasteiger partial charge in [-0.3, -0.25) is 0 Å². The maximum absolute atomic E-state index is 6.00. The van der Waals surface area contributed by atoms with E-state index in [2.05, 4.69) is 10.3 Å². The molecule has 104 valence electrons. The smallest absolute Gasteiger partial charge is 0.481 e. The molecule has 2 rings (SSSR count). The molecule has 0 amide bonds. The molecule has 5 nitrogen and oxygen atoms in total. The Kier molecular flexibility index (Phi) is 3.49. The molecule has 0 aromatic carbocycles. The molecule has 1 saturated heterocycles. The molecular formula is C13H21BN2O3. The van der Waals surface area contributed by atoms with Crippen LogP contribution in [0.25, 0.3) is 0 Å². The monoisotopic (exact) mass is 264 g/mol. The van der Waals surface area contributed by atoms with Crippen LogP contribution in [0.3, 0.4) is 0 Å². The number of ether oxygens (including phenoxy) is 1. The number of nitrogens with zero attached hydrogens (tertiary/aromatic N) is 1. The van der Waals surface area contributed by atoms with Crippen molar-refractivity contribution in [2.45, 2.75) is 38.9 Å². The molecule has 1 aliphatic heterocycles. The molecule has 1 aromatic heterocycles. The Bertz CT molecular complexity index is 461. The first-order chi connectivity index (χ1) is 8.80. The van der Waals surface area contributed by atoms with Gasteiger partial charge in [-0.25, -0.2) is 0 Å². The lowest BCUT2D eigenvalue weighted by atomic mass is 9.79. The van der Waals surface area contributed by atoms with E-state index in [4.69, 9.17) is 14.0 Å². The van der Waals surface area contributed by atoms with Gasteiger partial charge in [-0.2, -0.15) is 4.98 Å². The standard InChI is InChI=1S/C13H21BN2O3/c1-12(2)13(3,4)19-14(18-12)9-7-8-10(15-5)16-11(9)17-6/h7-8H,1-6H3,(H,15,16). The Balaban J connectivity index is 2.34. The van der Waals surface area contributed by atoms with Gasteiger partial charge in [0, 0.05) is 12.5 Å². The summed E-state index contributed by atoms with van der Waals surface area (Å²) in [6, 6.07) is 3.79. The Morgan fingerprint density at radius 1 is 1.16 bits per heavy atom. The predicted molar refractivity (Wildman–Crippen MR) is 76.1 cm³/mol. The lowest BCUT2D eigenvalue weighted by molar-refractivity contribution is 0.00578. The molecule has 0 atom stereocenters. The van der Waals surface area contributed by atoms with Crippen LogP contribution in [0.1, 0.15) is 27.7 Å². The highest BCUT2D eigenvalue weighted by molar-refractivity contribution is 6.63. The zero-order valence-electron chi connectivity index (χ0n) is 12.4. The molecule has 0 spiro atoms. The number of rotatable bonds is 3. The van der Waals surface area contributed by atoms with Crippen molar-refractivity contribution in [3.05, 3.63) is 12.1 Å². The molecule has 6 heteroatoms. The summed E-state index contributed by atoms with van der Waals surface area (Å²) in [5.74, 6) is 1.27. The van der Waals surface area contributed by atoms with Crippen LogP contribution in [0.15, 0.2) is 12.1 Å². The molecule has 1 aliphatic rings. The van der Waals surface area contributed by atoms with Gasteiger partial charge in [-0.05, 0) is 33.8 Å². The maximum atomic E-state index is 6.00. The van der Waals surface area contributed by atoms with E-state index >= 15 is 0 Å². The van der Waals surface area contributed by atoms with E-state index in [0.717, 1.165) is 11.3 Å². The average molecular weight is 264 g/mol. The van der Waals surface area contributed by atoms with Gasteiger partial charge in [-0.1, -0.05) is 6.07 Å². The minimum Gasteiger partial charge on any atom is -0.481 e. The molecule has 1 aromatic rings. The zero-order valence-corrected chi connectivity index (χ0v) is 12.4. The fourth-order valence-corrected chi connectivity index (χ4v) is 1.90. The Labute approximate surface area is 114 Å². The van der Waals surface area contributed by atoms with Gasteiger partial charge in [0.05, 0.1) is 18.3 Å². The van der Waals surface area contributed by atoms with Crippen molar-refractivity contribution in [3.63, 3.8) is 0 Å². The van der Waals surface area contributed by atoms with E-state index in [0.29, 0.717) is 5.88 Å². The molecule has 0 bridgehead atoms. The highest BCUT2D eigenvalue weighted by atomic mass is 16.7. The van der Waals surface area contributed by atoms with Crippen molar-refractivity contribution in [3.8, 4) is 5.88 Å². The van der Waals surface area contributed by atoms with Crippen LogP contribution in [0.4, 0.5) is 5.82 Å². The van der Waals surface area contributed by atoms with Gasteiger partial charge < -0.3 is 19.4 Å². The van der Waals surface area contributed by atoms with Crippen LogP contribution >= 0.6 is 0 Å². The number of pyridine rings is 1. The van der Waals surface area contributed by atoms with Crippen LogP contribution in [0.5, 0.6) is 5.88 Å².